The second-order valence-corrected chi connectivity index (χ2v) is 3.98. The van der Waals surface area contributed by atoms with Crippen LogP contribution in [0, 0.1) is 0 Å². The summed E-state index contributed by atoms with van der Waals surface area (Å²) in [6.45, 7) is -1.56. The van der Waals surface area contributed by atoms with E-state index in [0.29, 0.717) is 4.90 Å². The predicted octanol–water partition coefficient (Wildman–Crippen LogP) is 2.33. The standard InChI is InChI=1S/C11H12ClF3N2O2/c1-19-9-6-16-4-2-8(9)10(18)17(5-3-12)7-11(13,14)15/h2,4,6H,3,5,7H2,1H3. The summed E-state index contributed by atoms with van der Waals surface area (Å²) in [5.74, 6) is -0.763. The second kappa shape index (κ2) is 6.60. The lowest BCUT2D eigenvalue weighted by Gasteiger charge is -2.23. The highest BCUT2D eigenvalue weighted by Crippen LogP contribution is 2.22. The van der Waals surface area contributed by atoms with Crippen LogP contribution in [0.4, 0.5) is 13.2 Å². The van der Waals surface area contributed by atoms with Crippen molar-refractivity contribution in [1.29, 1.82) is 0 Å². The molecular weight excluding hydrogens is 285 g/mol. The number of ether oxygens (including phenoxy) is 1. The number of rotatable bonds is 5. The van der Waals surface area contributed by atoms with Gasteiger partial charge in [-0.05, 0) is 6.07 Å². The minimum Gasteiger partial charge on any atom is -0.494 e. The third-order valence-electron chi connectivity index (χ3n) is 2.25. The predicted molar refractivity (Wildman–Crippen MR) is 63.5 cm³/mol. The molecular formula is C11H12ClF3N2O2. The number of amides is 1. The Hall–Kier alpha value is -1.50. The fourth-order valence-electron chi connectivity index (χ4n) is 1.46. The Kier molecular flexibility index (Phi) is 5.41. The van der Waals surface area contributed by atoms with E-state index in [-0.39, 0.29) is 23.7 Å². The zero-order valence-corrected chi connectivity index (χ0v) is 10.8. The topological polar surface area (TPSA) is 42.4 Å². The van der Waals surface area contributed by atoms with Gasteiger partial charge in [0, 0.05) is 18.6 Å². The summed E-state index contributed by atoms with van der Waals surface area (Å²) < 4.78 is 42.1. The van der Waals surface area contributed by atoms with E-state index in [9.17, 15) is 18.0 Å². The number of hydrogen-bond acceptors (Lipinski definition) is 3. The molecule has 0 radical (unpaired) electrons. The summed E-state index contributed by atoms with van der Waals surface area (Å²) in [5, 5.41) is 0. The third kappa shape index (κ3) is 4.59. The van der Waals surface area contributed by atoms with Crippen LogP contribution in [-0.4, -0.2) is 48.0 Å². The monoisotopic (exact) mass is 296 g/mol. The van der Waals surface area contributed by atoms with Crippen LogP contribution in [0.3, 0.4) is 0 Å². The molecule has 19 heavy (non-hydrogen) atoms. The molecule has 0 aliphatic rings. The van der Waals surface area contributed by atoms with Gasteiger partial charge in [0.05, 0.1) is 18.9 Å². The van der Waals surface area contributed by atoms with Gasteiger partial charge in [-0.3, -0.25) is 9.78 Å². The van der Waals surface area contributed by atoms with Crippen molar-refractivity contribution in [3.63, 3.8) is 0 Å². The lowest BCUT2D eigenvalue weighted by atomic mass is 10.2. The maximum absolute atomic E-state index is 12.4. The third-order valence-corrected chi connectivity index (χ3v) is 2.42. The van der Waals surface area contributed by atoms with Crippen LogP contribution in [0.15, 0.2) is 18.5 Å². The van der Waals surface area contributed by atoms with E-state index in [0.717, 1.165) is 0 Å². The normalized spacial score (nSPS) is 11.2. The molecule has 1 heterocycles. The minimum atomic E-state index is -4.48. The van der Waals surface area contributed by atoms with E-state index in [1.165, 1.54) is 25.6 Å². The van der Waals surface area contributed by atoms with Crippen LogP contribution < -0.4 is 4.74 Å². The maximum atomic E-state index is 12.4. The average molecular weight is 297 g/mol. The highest BCUT2D eigenvalue weighted by molar-refractivity contribution is 6.18. The molecule has 106 valence electrons. The number of hydrogen-bond donors (Lipinski definition) is 0. The van der Waals surface area contributed by atoms with Gasteiger partial charge < -0.3 is 9.64 Å². The molecule has 0 N–H and O–H groups in total. The first-order valence-electron chi connectivity index (χ1n) is 5.29. The van der Waals surface area contributed by atoms with Crippen LogP contribution in [0.2, 0.25) is 0 Å². The number of carbonyl (C=O) groups excluding carboxylic acids is 1. The molecule has 1 amide bonds. The van der Waals surface area contributed by atoms with Crippen molar-refractivity contribution >= 4 is 17.5 Å². The van der Waals surface area contributed by atoms with E-state index in [1.54, 1.807) is 0 Å². The number of aromatic nitrogens is 1. The van der Waals surface area contributed by atoms with Crippen molar-refractivity contribution < 1.29 is 22.7 Å². The van der Waals surface area contributed by atoms with Gasteiger partial charge in [0.15, 0.2) is 0 Å². The van der Waals surface area contributed by atoms with Gasteiger partial charge >= 0.3 is 6.18 Å². The van der Waals surface area contributed by atoms with Crippen molar-refractivity contribution in [2.45, 2.75) is 6.18 Å². The maximum Gasteiger partial charge on any atom is 0.406 e. The van der Waals surface area contributed by atoms with E-state index in [1.807, 2.05) is 0 Å². The summed E-state index contributed by atoms with van der Waals surface area (Å²) in [5.41, 5.74) is 0.0202. The Morgan fingerprint density at radius 3 is 2.74 bits per heavy atom. The molecule has 1 aromatic rings. The van der Waals surface area contributed by atoms with Crippen LogP contribution in [0.5, 0.6) is 5.75 Å². The summed E-state index contributed by atoms with van der Waals surface area (Å²) in [7, 11) is 1.31. The van der Waals surface area contributed by atoms with Crippen molar-refractivity contribution in [2.24, 2.45) is 0 Å². The molecule has 8 heteroatoms. The number of pyridine rings is 1. The molecule has 0 fully saturated rings. The first-order chi connectivity index (χ1) is 8.89. The van der Waals surface area contributed by atoms with E-state index < -0.39 is 18.6 Å². The summed E-state index contributed by atoms with van der Waals surface area (Å²) >= 11 is 5.43. The van der Waals surface area contributed by atoms with Gasteiger partial charge in [-0.25, -0.2) is 0 Å². The summed E-state index contributed by atoms with van der Waals surface area (Å²) in [6, 6.07) is 1.30. The van der Waals surface area contributed by atoms with Crippen molar-refractivity contribution in [2.75, 3.05) is 26.1 Å². The number of methoxy groups -OCH3 is 1. The molecule has 0 spiro atoms. The minimum absolute atomic E-state index is 0.0202. The van der Waals surface area contributed by atoms with Crippen LogP contribution >= 0.6 is 11.6 Å². The lowest BCUT2D eigenvalue weighted by molar-refractivity contribution is -0.140. The molecule has 1 rings (SSSR count). The Balaban J connectivity index is 2.99. The highest BCUT2D eigenvalue weighted by atomic mass is 35.5. The zero-order valence-electron chi connectivity index (χ0n) is 10.1. The highest BCUT2D eigenvalue weighted by Gasteiger charge is 2.33. The number of nitrogens with zero attached hydrogens (tertiary/aromatic N) is 2. The van der Waals surface area contributed by atoms with Gasteiger partial charge in [-0.1, -0.05) is 0 Å². The Bertz CT molecular complexity index is 440. The van der Waals surface area contributed by atoms with Crippen molar-refractivity contribution in [3.8, 4) is 5.75 Å². The number of halogens is 4. The van der Waals surface area contributed by atoms with E-state index in [4.69, 9.17) is 16.3 Å². The Morgan fingerprint density at radius 2 is 2.21 bits per heavy atom. The SMILES string of the molecule is COc1cnccc1C(=O)N(CCCl)CC(F)(F)F. The molecule has 0 bridgehead atoms. The summed E-state index contributed by atoms with van der Waals surface area (Å²) in [6.07, 6.45) is -1.91. The van der Waals surface area contributed by atoms with E-state index >= 15 is 0 Å². The molecule has 1 aromatic heterocycles. The molecule has 4 nitrogen and oxygen atoms in total. The largest absolute Gasteiger partial charge is 0.494 e. The first kappa shape index (κ1) is 15.6. The number of carbonyl (C=O) groups is 1. The lowest BCUT2D eigenvalue weighted by Crippen LogP contribution is -2.40. The van der Waals surface area contributed by atoms with E-state index in [2.05, 4.69) is 4.98 Å². The van der Waals surface area contributed by atoms with Crippen LogP contribution in [0.25, 0.3) is 0 Å². The molecule has 0 aliphatic heterocycles. The fourth-order valence-corrected chi connectivity index (χ4v) is 1.66. The van der Waals surface area contributed by atoms with Gasteiger partial charge in [-0.15, -0.1) is 11.6 Å². The first-order valence-corrected chi connectivity index (χ1v) is 5.82. The smallest absolute Gasteiger partial charge is 0.406 e. The molecule has 0 saturated carbocycles. The molecule has 0 atom stereocenters. The fraction of sp³-hybridized carbons (Fsp3) is 0.455. The van der Waals surface area contributed by atoms with Gasteiger partial charge in [0.2, 0.25) is 0 Å². The van der Waals surface area contributed by atoms with Gasteiger partial charge in [0.25, 0.3) is 5.91 Å². The molecule has 0 saturated heterocycles. The van der Waals surface area contributed by atoms with Gasteiger partial charge in [-0.2, -0.15) is 13.2 Å². The summed E-state index contributed by atoms with van der Waals surface area (Å²) in [4.78, 5) is 16.4. The van der Waals surface area contributed by atoms with Crippen LogP contribution in [-0.2, 0) is 0 Å². The Morgan fingerprint density at radius 1 is 1.53 bits per heavy atom. The van der Waals surface area contributed by atoms with Gasteiger partial charge in [0.1, 0.15) is 12.3 Å². The average Bonchev–Trinajstić information content (AvgIpc) is 2.36. The second-order valence-electron chi connectivity index (χ2n) is 3.61. The quantitative estimate of drug-likeness (QED) is 0.783. The molecule has 0 aromatic carbocycles. The van der Waals surface area contributed by atoms with Crippen molar-refractivity contribution in [3.05, 3.63) is 24.0 Å². The molecule has 0 unspecified atom stereocenters. The van der Waals surface area contributed by atoms with Crippen molar-refractivity contribution in [1.82, 2.24) is 9.88 Å². The Labute approximate surface area is 113 Å². The number of alkyl halides is 4. The molecule has 0 aliphatic carbocycles. The van der Waals surface area contributed by atoms with Crippen LogP contribution in [0.1, 0.15) is 10.4 Å². The zero-order chi connectivity index (χ0) is 14.5.